The van der Waals surface area contributed by atoms with Crippen LogP contribution in [0.1, 0.15) is 76.7 Å². The first kappa shape index (κ1) is 29.7. The quantitative estimate of drug-likeness (QED) is 0.309. The Morgan fingerprint density at radius 2 is 1.43 bits per heavy atom. The van der Waals surface area contributed by atoms with Crippen molar-refractivity contribution < 1.29 is 28.6 Å². The number of alkyl carbamates (subject to hydrolysis) is 1. The molecular weight excluding hydrogens is 472 g/mol. The number of carbonyl (C=O) groups excluding carboxylic acids is 3. The number of nitrogens with one attached hydrogen (secondary N) is 2. The van der Waals surface area contributed by atoms with Crippen molar-refractivity contribution in [1.29, 1.82) is 0 Å². The van der Waals surface area contributed by atoms with Gasteiger partial charge in [0.15, 0.2) is 0 Å². The first-order valence-electron chi connectivity index (χ1n) is 12.6. The van der Waals surface area contributed by atoms with Gasteiger partial charge in [-0.3, -0.25) is 4.79 Å². The van der Waals surface area contributed by atoms with Gasteiger partial charge in [-0.15, -0.1) is 0 Å². The molecule has 8 heteroatoms. The van der Waals surface area contributed by atoms with Crippen molar-refractivity contribution in [3.05, 3.63) is 65.7 Å². The molecule has 37 heavy (non-hydrogen) atoms. The number of rotatable bonds is 11. The molecule has 8 nitrogen and oxygen atoms in total. The molecule has 0 unspecified atom stereocenters. The highest BCUT2D eigenvalue weighted by molar-refractivity contribution is 5.94. The Kier molecular flexibility index (Phi) is 11.0. The Hall–Kier alpha value is -3.55. The molecule has 2 rings (SSSR count). The molecule has 202 valence electrons. The molecule has 0 aromatic heterocycles. The van der Waals surface area contributed by atoms with Gasteiger partial charge in [-0.1, -0.05) is 30.3 Å². The van der Waals surface area contributed by atoms with E-state index in [0.717, 1.165) is 5.56 Å². The maximum atomic E-state index is 12.6. The molecule has 2 N–H and O–H groups in total. The maximum Gasteiger partial charge on any atom is 0.408 e. The van der Waals surface area contributed by atoms with Gasteiger partial charge in [0.1, 0.15) is 29.6 Å². The Balaban J connectivity index is 1.78. The van der Waals surface area contributed by atoms with Gasteiger partial charge in [-0.05, 0) is 90.6 Å². The first-order valence-corrected chi connectivity index (χ1v) is 12.6. The van der Waals surface area contributed by atoms with Crippen molar-refractivity contribution in [2.24, 2.45) is 0 Å². The highest BCUT2D eigenvalue weighted by Gasteiger charge is 2.28. The summed E-state index contributed by atoms with van der Waals surface area (Å²) < 4.78 is 16.5. The molecule has 1 atom stereocenters. The van der Waals surface area contributed by atoms with Crippen LogP contribution < -0.4 is 15.4 Å². The van der Waals surface area contributed by atoms with Gasteiger partial charge in [0, 0.05) is 12.1 Å². The van der Waals surface area contributed by atoms with Gasteiger partial charge < -0.3 is 24.8 Å². The van der Waals surface area contributed by atoms with Crippen LogP contribution in [0.15, 0.2) is 54.6 Å². The summed E-state index contributed by atoms with van der Waals surface area (Å²) in [5, 5.41) is 5.49. The van der Waals surface area contributed by atoms with Crippen molar-refractivity contribution in [2.45, 2.75) is 84.7 Å². The third kappa shape index (κ3) is 12.3. The molecule has 0 aliphatic heterocycles. The van der Waals surface area contributed by atoms with E-state index in [1.807, 2.05) is 30.3 Å². The summed E-state index contributed by atoms with van der Waals surface area (Å²) in [7, 11) is 0. The predicted octanol–water partition coefficient (Wildman–Crippen LogP) is 5.40. The normalized spacial score (nSPS) is 12.3. The summed E-state index contributed by atoms with van der Waals surface area (Å²) in [6, 6.07) is 16.0. The van der Waals surface area contributed by atoms with Crippen LogP contribution in [0.4, 0.5) is 4.79 Å². The lowest BCUT2D eigenvalue weighted by atomic mass is 10.1. The van der Waals surface area contributed by atoms with Crippen LogP contribution in [-0.4, -0.2) is 41.8 Å². The summed E-state index contributed by atoms with van der Waals surface area (Å²) in [6.07, 6.45) is 0.899. The van der Waals surface area contributed by atoms with Crippen molar-refractivity contribution in [1.82, 2.24) is 10.6 Å². The molecule has 0 aliphatic carbocycles. The Morgan fingerprint density at radius 1 is 0.811 bits per heavy atom. The van der Waals surface area contributed by atoms with Gasteiger partial charge in [0.05, 0.1) is 0 Å². The van der Waals surface area contributed by atoms with E-state index in [4.69, 9.17) is 14.2 Å². The lowest BCUT2D eigenvalue weighted by Crippen LogP contribution is -2.46. The number of hydrogen-bond acceptors (Lipinski definition) is 6. The summed E-state index contributed by atoms with van der Waals surface area (Å²) >= 11 is 0. The second-order valence-corrected chi connectivity index (χ2v) is 10.8. The molecule has 0 saturated heterocycles. The van der Waals surface area contributed by atoms with Crippen LogP contribution in [-0.2, 0) is 20.9 Å². The van der Waals surface area contributed by atoms with E-state index in [9.17, 15) is 14.4 Å². The van der Waals surface area contributed by atoms with E-state index in [2.05, 4.69) is 10.6 Å². The molecule has 0 spiro atoms. The van der Waals surface area contributed by atoms with Crippen LogP contribution >= 0.6 is 0 Å². The van der Waals surface area contributed by atoms with Gasteiger partial charge in [-0.25, -0.2) is 9.59 Å². The summed E-state index contributed by atoms with van der Waals surface area (Å²) in [6.45, 7) is 11.5. The topological polar surface area (TPSA) is 103 Å². The van der Waals surface area contributed by atoms with E-state index in [1.165, 1.54) is 0 Å². The summed E-state index contributed by atoms with van der Waals surface area (Å²) in [4.78, 5) is 37.3. The minimum absolute atomic E-state index is 0.190. The molecule has 2 aromatic rings. The van der Waals surface area contributed by atoms with Gasteiger partial charge >= 0.3 is 12.1 Å². The highest BCUT2D eigenvalue weighted by atomic mass is 16.6. The standard InChI is InChI=1S/C29H40N2O6/c1-28(2,3)36-26(33)24(31-27(34)37-29(4,5)6)14-10-11-19-30-25(32)22-15-17-23(18-16-22)35-20-21-12-8-7-9-13-21/h7-9,12-13,15-18,24H,10-11,14,19-20H2,1-6H3,(H,30,32)(H,31,34)/t24-/m0/s1. The number of esters is 1. The molecule has 0 heterocycles. The number of ether oxygens (including phenoxy) is 3. The largest absolute Gasteiger partial charge is 0.489 e. The third-order valence-electron chi connectivity index (χ3n) is 4.95. The average molecular weight is 513 g/mol. The van der Waals surface area contributed by atoms with Gasteiger partial charge in [-0.2, -0.15) is 0 Å². The van der Waals surface area contributed by atoms with E-state index in [1.54, 1.807) is 65.8 Å². The molecule has 0 aliphatic rings. The van der Waals surface area contributed by atoms with Crippen LogP contribution in [0.2, 0.25) is 0 Å². The van der Waals surface area contributed by atoms with Crippen molar-refractivity contribution in [3.8, 4) is 5.75 Å². The third-order valence-corrected chi connectivity index (χ3v) is 4.95. The molecule has 2 amide bonds. The Bertz CT molecular complexity index is 1010. The van der Waals surface area contributed by atoms with E-state index in [-0.39, 0.29) is 5.91 Å². The number of hydrogen-bond donors (Lipinski definition) is 2. The molecule has 0 bridgehead atoms. The average Bonchev–Trinajstić information content (AvgIpc) is 2.80. The molecule has 0 fully saturated rings. The zero-order valence-electron chi connectivity index (χ0n) is 22.8. The van der Waals surface area contributed by atoms with Crippen molar-refractivity contribution in [2.75, 3.05) is 6.54 Å². The van der Waals surface area contributed by atoms with Crippen LogP contribution in [0.25, 0.3) is 0 Å². The fourth-order valence-electron chi connectivity index (χ4n) is 3.29. The monoisotopic (exact) mass is 512 g/mol. The SMILES string of the molecule is CC(C)(C)OC(=O)N[C@@H](CCCCNC(=O)c1ccc(OCc2ccccc2)cc1)C(=O)OC(C)(C)C. The maximum absolute atomic E-state index is 12.6. The molecule has 0 saturated carbocycles. The number of carbonyl (C=O) groups is 3. The Morgan fingerprint density at radius 3 is 2.03 bits per heavy atom. The molecule has 0 radical (unpaired) electrons. The Labute approximate surface area is 220 Å². The van der Waals surface area contributed by atoms with Crippen LogP contribution in [0, 0.1) is 0 Å². The number of unbranched alkanes of at least 4 members (excludes halogenated alkanes) is 1. The predicted molar refractivity (Wildman–Crippen MR) is 142 cm³/mol. The summed E-state index contributed by atoms with van der Waals surface area (Å²) in [5.74, 6) is -0.0202. The summed E-state index contributed by atoms with van der Waals surface area (Å²) in [5.41, 5.74) is 0.241. The molecule has 2 aromatic carbocycles. The zero-order valence-corrected chi connectivity index (χ0v) is 22.8. The van der Waals surface area contributed by atoms with Crippen LogP contribution in [0.5, 0.6) is 5.75 Å². The van der Waals surface area contributed by atoms with Crippen molar-refractivity contribution in [3.63, 3.8) is 0 Å². The highest BCUT2D eigenvalue weighted by Crippen LogP contribution is 2.15. The minimum atomic E-state index is -0.840. The lowest BCUT2D eigenvalue weighted by Gasteiger charge is -2.26. The van der Waals surface area contributed by atoms with E-state index in [0.29, 0.717) is 43.7 Å². The zero-order chi connectivity index (χ0) is 27.5. The second-order valence-electron chi connectivity index (χ2n) is 10.8. The first-order chi connectivity index (χ1) is 17.3. The number of benzene rings is 2. The van der Waals surface area contributed by atoms with Crippen molar-refractivity contribution >= 4 is 18.0 Å². The fraction of sp³-hybridized carbons (Fsp3) is 0.483. The minimum Gasteiger partial charge on any atom is -0.489 e. The van der Waals surface area contributed by atoms with E-state index < -0.39 is 29.3 Å². The lowest BCUT2D eigenvalue weighted by molar-refractivity contribution is -0.157. The van der Waals surface area contributed by atoms with E-state index >= 15 is 0 Å². The second kappa shape index (κ2) is 13.7. The van der Waals surface area contributed by atoms with Gasteiger partial charge in [0.2, 0.25) is 0 Å². The fourth-order valence-corrected chi connectivity index (χ4v) is 3.29. The van der Waals surface area contributed by atoms with Crippen LogP contribution in [0.3, 0.4) is 0 Å². The number of amides is 2. The van der Waals surface area contributed by atoms with Gasteiger partial charge in [0.25, 0.3) is 5.91 Å². The smallest absolute Gasteiger partial charge is 0.408 e. The molecular formula is C29H40N2O6.